The van der Waals surface area contributed by atoms with Gasteiger partial charge in [-0.1, -0.05) is 25.1 Å². The lowest BCUT2D eigenvalue weighted by molar-refractivity contribution is 0.811. The third-order valence-electron chi connectivity index (χ3n) is 3.42. The fourth-order valence-electron chi connectivity index (χ4n) is 2.45. The van der Waals surface area contributed by atoms with Crippen LogP contribution in [0.25, 0.3) is 22.4 Å². The van der Waals surface area contributed by atoms with E-state index in [9.17, 15) is 0 Å². The number of hydrogen-bond donors (Lipinski definition) is 0. The van der Waals surface area contributed by atoms with Gasteiger partial charge < -0.3 is 0 Å². The summed E-state index contributed by atoms with van der Waals surface area (Å²) in [5.74, 6) is 0.847. The molecule has 0 aliphatic carbocycles. The number of benzene rings is 1. The molecule has 6 nitrogen and oxygen atoms in total. The summed E-state index contributed by atoms with van der Waals surface area (Å²) in [6, 6.07) is 9.96. The summed E-state index contributed by atoms with van der Waals surface area (Å²) in [7, 11) is 0. The Morgan fingerprint density at radius 1 is 1.10 bits per heavy atom. The molecule has 0 saturated carbocycles. The third-order valence-corrected chi connectivity index (χ3v) is 3.42. The molecule has 21 heavy (non-hydrogen) atoms. The van der Waals surface area contributed by atoms with E-state index in [1.807, 2.05) is 35.0 Å². The van der Waals surface area contributed by atoms with Crippen molar-refractivity contribution in [2.24, 2.45) is 0 Å². The summed E-state index contributed by atoms with van der Waals surface area (Å²) in [5, 5.41) is 9.80. The normalized spacial score (nSPS) is 11.5. The van der Waals surface area contributed by atoms with Crippen molar-refractivity contribution in [1.82, 2.24) is 29.4 Å². The predicted octanol–water partition coefficient (Wildman–Crippen LogP) is 2.42. The van der Waals surface area contributed by atoms with Crippen LogP contribution in [0.3, 0.4) is 0 Å². The Balaban J connectivity index is 1.95. The van der Waals surface area contributed by atoms with Gasteiger partial charge in [-0.25, -0.2) is 19.2 Å². The zero-order chi connectivity index (χ0) is 14.2. The van der Waals surface area contributed by atoms with Gasteiger partial charge in [-0.3, -0.25) is 0 Å². The van der Waals surface area contributed by atoms with Gasteiger partial charge in [-0.2, -0.15) is 5.10 Å². The van der Waals surface area contributed by atoms with Gasteiger partial charge in [-0.05, 0) is 18.6 Å². The molecule has 6 heteroatoms. The zero-order valence-electron chi connectivity index (χ0n) is 11.6. The van der Waals surface area contributed by atoms with Crippen LogP contribution in [0.2, 0.25) is 0 Å². The van der Waals surface area contributed by atoms with Gasteiger partial charge >= 0.3 is 0 Å². The summed E-state index contributed by atoms with van der Waals surface area (Å²) in [6.45, 7) is 2.12. The van der Waals surface area contributed by atoms with Crippen molar-refractivity contribution < 1.29 is 0 Å². The second-order valence-corrected chi connectivity index (χ2v) is 4.92. The standard InChI is InChI=1S/C15H14N6/c1-2-6-13-18-15-12-9-17-21(11-7-4-3-5-8-11)14(12)16-10-20(15)19-13/h3-5,7-10H,2,6H2,1H3. The van der Waals surface area contributed by atoms with Gasteiger partial charge in [-0.15, -0.1) is 5.10 Å². The number of rotatable bonds is 3. The van der Waals surface area contributed by atoms with Crippen LogP contribution in [-0.2, 0) is 6.42 Å². The summed E-state index contributed by atoms with van der Waals surface area (Å²) in [6.07, 6.45) is 5.40. The summed E-state index contributed by atoms with van der Waals surface area (Å²) >= 11 is 0. The van der Waals surface area contributed by atoms with Crippen molar-refractivity contribution >= 4 is 16.7 Å². The van der Waals surface area contributed by atoms with Crippen molar-refractivity contribution in [3.8, 4) is 5.69 Å². The van der Waals surface area contributed by atoms with E-state index in [2.05, 4.69) is 27.1 Å². The highest BCUT2D eigenvalue weighted by molar-refractivity contribution is 5.89. The first-order valence-corrected chi connectivity index (χ1v) is 7.00. The van der Waals surface area contributed by atoms with Crippen molar-refractivity contribution in [2.45, 2.75) is 19.8 Å². The monoisotopic (exact) mass is 278 g/mol. The van der Waals surface area contributed by atoms with Gasteiger partial charge in [0.05, 0.1) is 17.3 Å². The molecule has 0 amide bonds. The Morgan fingerprint density at radius 3 is 2.76 bits per heavy atom. The van der Waals surface area contributed by atoms with Gasteiger partial charge in [0.1, 0.15) is 6.33 Å². The average molecular weight is 278 g/mol. The minimum absolute atomic E-state index is 0.796. The summed E-state index contributed by atoms with van der Waals surface area (Å²) < 4.78 is 3.55. The van der Waals surface area contributed by atoms with E-state index < -0.39 is 0 Å². The van der Waals surface area contributed by atoms with E-state index in [4.69, 9.17) is 0 Å². The number of aryl methyl sites for hydroxylation is 1. The van der Waals surface area contributed by atoms with Crippen LogP contribution in [0, 0.1) is 0 Å². The van der Waals surface area contributed by atoms with Crippen LogP contribution in [0.5, 0.6) is 0 Å². The van der Waals surface area contributed by atoms with Crippen molar-refractivity contribution in [3.63, 3.8) is 0 Å². The van der Waals surface area contributed by atoms with E-state index in [0.717, 1.165) is 41.0 Å². The fourth-order valence-corrected chi connectivity index (χ4v) is 2.45. The molecule has 3 aromatic heterocycles. The number of fused-ring (bicyclic) bond motifs is 3. The van der Waals surface area contributed by atoms with Crippen LogP contribution in [0.4, 0.5) is 0 Å². The first-order valence-electron chi connectivity index (χ1n) is 7.00. The molecule has 0 aliphatic heterocycles. The quantitative estimate of drug-likeness (QED) is 0.577. The molecule has 0 radical (unpaired) electrons. The van der Waals surface area contributed by atoms with E-state index in [1.165, 1.54) is 0 Å². The molecule has 0 saturated heterocycles. The molecule has 4 rings (SSSR count). The lowest BCUT2D eigenvalue weighted by Crippen LogP contribution is -1.98. The Labute approximate surface area is 121 Å². The SMILES string of the molecule is CCCc1nc2c3cnn(-c4ccccc4)c3ncn2n1. The van der Waals surface area contributed by atoms with Gasteiger partial charge in [0.2, 0.25) is 0 Å². The van der Waals surface area contributed by atoms with Crippen molar-refractivity contribution in [2.75, 3.05) is 0 Å². The fraction of sp³-hybridized carbons (Fsp3) is 0.200. The number of aromatic nitrogens is 6. The van der Waals surface area contributed by atoms with Gasteiger partial charge in [0.15, 0.2) is 17.1 Å². The molecule has 0 N–H and O–H groups in total. The first kappa shape index (κ1) is 12.0. The van der Waals surface area contributed by atoms with Crippen molar-refractivity contribution in [3.05, 3.63) is 48.7 Å². The summed E-state index contributed by atoms with van der Waals surface area (Å²) in [4.78, 5) is 9.08. The third kappa shape index (κ3) is 1.87. The van der Waals surface area contributed by atoms with E-state index in [0.29, 0.717) is 0 Å². The highest BCUT2D eigenvalue weighted by Crippen LogP contribution is 2.19. The Hall–Kier alpha value is -2.76. The summed E-state index contributed by atoms with van der Waals surface area (Å²) in [5.41, 5.74) is 2.59. The molecular weight excluding hydrogens is 264 g/mol. The molecule has 0 spiro atoms. The zero-order valence-corrected chi connectivity index (χ0v) is 11.6. The van der Waals surface area contributed by atoms with Crippen LogP contribution in [0.1, 0.15) is 19.2 Å². The maximum Gasteiger partial charge on any atom is 0.170 e. The molecule has 104 valence electrons. The molecule has 3 heterocycles. The van der Waals surface area contributed by atoms with Crippen molar-refractivity contribution in [1.29, 1.82) is 0 Å². The molecule has 0 bridgehead atoms. The Morgan fingerprint density at radius 2 is 1.95 bits per heavy atom. The molecule has 1 aromatic carbocycles. The van der Waals surface area contributed by atoms with E-state index in [-0.39, 0.29) is 0 Å². The molecule has 0 aliphatic rings. The maximum absolute atomic E-state index is 4.60. The van der Waals surface area contributed by atoms with Crippen LogP contribution >= 0.6 is 0 Å². The highest BCUT2D eigenvalue weighted by atomic mass is 15.3. The number of para-hydroxylation sites is 1. The van der Waals surface area contributed by atoms with E-state index >= 15 is 0 Å². The minimum Gasteiger partial charge on any atom is -0.216 e. The van der Waals surface area contributed by atoms with Crippen LogP contribution in [0.15, 0.2) is 42.9 Å². The average Bonchev–Trinajstić information content (AvgIpc) is 3.11. The van der Waals surface area contributed by atoms with Gasteiger partial charge in [0.25, 0.3) is 0 Å². The molecule has 0 atom stereocenters. The molecule has 0 fully saturated rings. The lowest BCUT2D eigenvalue weighted by Gasteiger charge is -2.01. The smallest absolute Gasteiger partial charge is 0.170 e. The first-order chi connectivity index (χ1) is 10.4. The van der Waals surface area contributed by atoms with Crippen LogP contribution in [-0.4, -0.2) is 29.4 Å². The Kier molecular flexibility index (Phi) is 2.67. The molecule has 0 unspecified atom stereocenters. The maximum atomic E-state index is 4.60. The Bertz CT molecular complexity index is 906. The number of hydrogen-bond acceptors (Lipinski definition) is 4. The predicted molar refractivity (Wildman–Crippen MR) is 79.4 cm³/mol. The number of nitrogens with zero attached hydrogens (tertiary/aromatic N) is 6. The topological polar surface area (TPSA) is 60.9 Å². The van der Waals surface area contributed by atoms with Crippen LogP contribution < -0.4 is 0 Å². The molecular formula is C15H14N6. The minimum atomic E-state index is 0.796. The van der Waals surface area contributed by atoms with Gasteiger partial charge in [0, 0.05) is 6.42 Å². The second kappa shape index (κ2) is 4.66. The largest absolute Gasteiger partial charge is 0.216 e. The van der Waals surface area contributed by atoms with E-state index in [1.54, 1.807) is 17.0 Å². The molecule has 4 aromatic rings. The lowest BCUT2D eigenvalue weighted by atomic mass is 10.3. The second-order valence-electron chi connectivity index (χ2n) is 4.92. The highest BCUT2D eigenvalue weighted by Gasteiger charge is 2.12.